The van der Waals surface area contributed by atoms with Crippen LogP contribution in [-0.4, -0.2) is 36.4 Å². The molecule has 0 amide bonds. The zero-order chi connectivity index (χ0) is 69.0. The zero-order valence-electron chi connectivity index (χ0n) is 65.2. The molecule has 0 aromatic heterocycles. The average molecular weight is 1340 g/mol. The van der Waals surface area contributed by atoms with Gasteiger partial charge in [-0.3, -0.25) is 9.59 Å². The number of hydrogen-bond donors (Lipinski definition) is 1. The molecule has 0 saturated carbocycles. The molecule has 0 aliphatic heterocycles. The highest BCUT2D eigenvalue weighted by Crippen LogP contribution is 2.21. The van der Waals surface area contributed by atoms with Gasteiger partial charge in [-0.15, -0.1) is 0 Å². The molecule has 5 nitrogen and oxygen atoms in total. The van der Waals surface area contributed by atoms with Gasteiger partial charge in [-0.05, 0) is 77.0 Å². The van der Waals surface area contributed by atoms with E-state index in [1.165, 1.54) is 405 Å². The monoisotopic (exact) mass is 1340 g/mol. The molecule has 1 unspecified atom stereocenters. The van der Waals surface area contributed by atoms with Gasteiger partial charge in [-0.2, -0.15) is 0 Å². The summed E-state index contributed by atoms with van der Waals surface area (Å²) >= 11 is 0. The minimum atomic E-state index is -0.771. The van der Waals surface area contributed by atoms with Crippen molar-refractivity contribution >= 4 is 11.9 Å². The van der Waals surface area contributed by atoms with Crippen molar-refractivity contribution in [2.45, 2.75) is 495 Å². The van der Waals surface area contributed by atoms with Crippen LogP contribution in [0.2, 0.25) is 0 Å². The number of carbonyl (C=O) groups is 2. The maximum absolute atomic E-state index is 12.4. The van der Waals surface area contributed by atoms with Crippen molar-refractivity contribution in [2.75, 3.05) is 13.2 Å². The van der Waals surface area contributed by atoms with E-state index in [0.29, 0.717) is 12.8 Å². The third-order valence-electron chi connectivity index (χ3n) is 20.3. The highest BCUT2D eigenvalue weighted by molar-refractivity contribution is 5.70. The number of ether oxygens (including phenoxy) is 2. The molecule has 0 bridgehead atoms. The van der Waals surface area contributed by atoms with Gasteiger partial charge >= 0.3 is 11.9 Å². The van der Waals surface area contributed by atoms with Crippen LogP contribution in [0, 0.1) is 0 Å². The van der Waals surface area contributed by atoms with Gasteiger partial charge in [0.25, 0.3) is 0 Å². The first-order valence-electron chi connectivity index (χ1n) is 43.8. The van der Waals surface area contributed by atoms with Crippen molar-refractivity contribution in [1.29, 1.82) is 0 Å². The fourth-order valence-electron chi connectivity index (χ4n) is 13.8. The van der Waals surface area contributed by atoms with Crippen LogP contribution in [0.5, 0.6) is 0 Å². The van der Waals surface area contributed by atoms with Crippen LogP contribution in [0.1, 0.15) is 489 Å². The second-order valence-electron chi connectivity index (χ2n) is 29.9. The van der Waals surface area contributed by atoms with Gasteiger partial charge in [-0.25, -0.2) is 0 Å². The Morgan fingerprint density at radius 1 is 0.250 bits per heavy atom. The van der Waals surface area contributed by atoms with E-state index in [4.69, 9.17) is 9.47 Å². The molecular weight excluding hydrogens is 1170 g/mol. The van der Waals surface area contributed by atoms with Crippen molar-refractivity contribution < 1.29 is 24.2 Å². The first-order chi connectivity index (χ1) is 47.6. The molecule has 96 heavy (non-hydrogen) atoms. The number of aliphatic hydroxyl groups excluding tert-OH is 1. The summed E-state index contributed by atoms with van der Waals surface area (Å²) in [6.07, 6.45) is 121. The number of carbonyl (C=O) groups excluding carboxylic acids is 2. The first kappa shape index (κ1) is 93.6. The predicted octanol–water partition coefficient (Wildman–Crippen LogP) is 31.1. The van der Waals surface area contributed by atoms with Gasteiger partial charge in [0.1, 0.15) is 6.61 Å². The maximum Gasteiger partial charge on any atom is 0.306 e. The van der Waals surface area contributed by atoms with Crippen LogP contribution in [-0.2, 0) is 19.1 Å². The van der Waals surface area contributed by atoms with Crippen LogP contribution in [0.25, 0.3) is 0 Å². The number of hydrogen-bond acceptors (Lipinski definition) is 5. The summed E-state index contributed by atoms with van der Waals surface area (Å²) in [5.74, 6) is -0.560. The van der Waals surface area contributed by atoms with E-state index >= 15 is 0 Å². The SMILES string of the molecule is CC/C=C\C/C=C\C/C=C\C/C=C\CCCCCCCCCCCCCCCCCCCCCCCCCCCCCCC(=O)OC(CO)COC(=O)CCCCCCCCCCCCCCCCCCCCCCCCCCCCCCC/C=C\CCCCCCCCCC. The smallest absolute Gasteiger partial charge is 0.306 e. The molecule has 1 N–H and O–H groups in total. The number of aliphatic hydroxyl groups is 1. The molecule has 564 valence electrons. The van der Waals surface area contributed by atoms with Gasteiger partial charge in [-0.1, -0.05) is 460 Å². The molecule has 0 aliphatic rings. The topological polar surface area (TPSA) is 72.8 Å². The molecule has 5 heteroatoms. The van der Waals surface area contributed by atoms with E-state index in [0.717, 1.165) is 57.8 Å². The van der Waals surface area contributed by atoms with E-state index in [1.807, 2.05) is 0 Å². The Morgan fingerprint density at radius 3 is 0.688 bits per heavy atom. The summed E-state index contributed by atoms with van der Waals surface area (Å²) in [6.45, 7) is 4.10. The Morgan fingerprint density at radius 2 is 0.448 bits per heavy atom. The zero-order valence-corrected chi connectivity index (χ0v) is 65.2. The molecule has 0 radical (unpaired) electrons. The Hall–Kier alpha value is -2.40. The lowest BCUT2D eigenvalue weighted by atomic mass is 10.0. The lowest BCUT2D eigenvalue weighted by molar-refractivity contribution is -0.161. The van der Waals surface area contributed by atoms with Gasteiger partial charge in [0.05, 0.1) is 6.61 Å². The molecular formula is C91H170O5. The lowest BCUT2D eigenvalue weighted by Crippen LogP contribution is -2.28. The quantitative estimate of drug-likeness (QED) is 0.0373. The minimum Gasteiger partial charge on any atom is -0.462 e. The fourth-order valence-corrected chi connectivity index (χ4v) is 13.8. The highest BCUT2D eigenvalue weighted by Gasteiger charge is 2.16. The summed E-state index contributed by atoms with van der Waals surface area (Å²) in [6, 6.07) is 0. The highest BCUT2D eigenvalue weighted by atomic mass is 16.6. The number of allylic oxidation sites excluding steroid dienone is 10. The summed E-state index contributed by atoms with van der Waals surface area (Å²) < 4.78 is 10.8. The van der Waals surface area contributed by atoms with Crippen molar-refractivity contribution in [3.63, 3.8) is 0 Å². The van der Waals surface area contributed by atoms with Crippen LogP contribution >= 0.6 is 0 Å². The first-order valence-corrected chi connectivity index (χ1v) is 43.8. The largest absolute Gasteiger partial charge is 0.462 e. The van der Waals surface area contributed by atoms with Gasteiger partial charge in [0.2, 0.25) is 0 Å². The Bertz CT molecular complexity index is 1620. The van der Waals surface area contributed by atoms with Gasteiger partial charge < -0.3 is 14.6 Å². The Labute approximate surface area is 601 Å². The third-order valence-corrected chi connectivity index (χ3v) is 20.3. The second kappa shape index (κ2) is 86.8. The Balaban J connectivity index is 3.34. The summed E-state index contributed by atoms with van der Waals surface area (Å²) in [7, 11) is 0. The van der Waals surface area contributed by atoms with E-state index in [2.05, 4.69) is 74.6 Å². The minimum absolute atomic E-state index is 0.0583. The van der Waals surface area contributed by atoms with Crippen LogP contribution in [0.15, 0.2) is 60.8 Å². The number of rotatable bonds is 83. The van der Waals surface area contributed by atoms with E-state index < -0.39 is 6.10 Å². The van der Waals surface area contributed by atoms with E-state index in [-0.39, 0.29) is 25.2 Å². The van der Waals surface area contributed by atoms with E-state index in [1.54, 1.807) is 0 Å². The fraction of sp³-hybridized carbons (Fsp3) is 0.868. The molecule has 0 saturated heterocycles. The van der Waals surface area contributed by atoms with Crippen LogP contribution in [0.3, 0.4) is 0 Å². The normalized spacial score (nSPS) is 12.4. The van der Waals surface area contributed by atoms with Crippen molar-refractivity contribution in [3.05, 3.63) is 60.8 Å². The molecule has 0 heterocycles. The van der Waals surface area contributed by atoms with Crippen molar-refractivity contribution in [3.8, 4) is 0 Å². The van der Waals surface area contributed by atoms with Gasteiger partial charge in [0, 0.05) is 12.8 Å². The lowest BCUT2D eigenvalue weighted by Gasteiger charge is -2.15. The molecule has 0 aliphatic carbocycles. The maximum atomic E-state index is 12.4. The molecule has 0 aromatic rings. The van der Waals surface area contributed by atoms with Crippen LogP contribution in [0.4, 0.5) is 0 Å². The predicted molar refractivity (Wildman–Crippen MR) is 427 cm³/mol. The van der Waals surface area contributed by atoms with Crippen molar-refractivity contribution in [2.24, 2.45) is 0 Å². The molecule has 0 fully saturated rings. The molecule has 0 rings (SSSR count). The average Bonchev–Trinajstić information content (AvgIpc) is 3.79. The Kier molecular flexibility index (Phi) is 84.6. The van der Waals surface area contributed by atoms with Crippen molar-refractivity contribution in [1.82, 2.24) is 0 Å². The third kappa shape index (κ3) is 84.0. The number of unbranched alkanes of at least 4 members (excludes halogenated alkanes) is 65. The summed E-state index contributed by atoms with van der Waals surface area (Å²) in [5.41, 5.74) is 0. The van der Waals surface area contributed by atoms with E-state index in [9.17, 15) is 14.7 Å². The molecule has 0 spiro atoms. The second-order valence-corrected chi connectivity index (χ2v) is 29.9. The molecule has 0 aromatic carbocycles. The summed E-state index contributed by atoms with van der Waals surface area (Å²) in [5, 5.41) is 9.75. The van der Waals surface area contributed by atoms with Gasteiger partial charge in [0.15, 0.2) is 6.10 Å². The number of esters is 2. The molecule has 1 atom stereocenters. The van der Waals surface area contributed by atoms with Crippen LogP contribution < -0.4 is 0 Å². The summed E-state index contributed by atoms with van der Waals surface area (Å²) in [4.78, 5) is 24.8. The standard InChI is InChI=1S/C91H170O5/c1-3-5-7-9-11-13-15-17-19-21-23-25-27-29-31-33-35-37-39-41-43-45-47-49-51-53-55-57-59-61-63-65-67-69-71-73-75-77-79-81-83-85-90(93)95-88-89(87-92)96-91(94)86-84-82-80-78-76-74-72-70-68-66-64-62-60-58-56-54-52-50-48-46-44-42-40-38-36-34-32-30-28-26-24-22-20-18-16-14-12-10-8-6-4-2/h6,8,12,14,18,20-21,23-24,26,89,92H,3-5,7,9-11,13,15-17,19,22,25,27-88H2,1-2H3/b8-6-,14-12-,20-18-,23-21-,26-24-.